The van der Waals surface area contributed by atoms with Crippen LogP contribution in [-0.2, 0) is 6.54 Å². The van der Waals surface area contributed by atoms with Gasteiger partial charge < -0.3 is 15.7 Å². The summed E-state index contributed by atoms with van der Waals surface area (Å²) in [4.78, 5) is 2.17. The average molecular weight is 208 g/mol. The first-order valence-electron chi connectivity index (χ1n) is 5.22. The van der Waals surface area contributed by atoms with E-state index in [9.17, 15) is 5.11 Å². The molecule has 0 unspecified atom stereocenters. The molecular formula is C12H20N2O. The van der Waals surface area contributed by atoms with Gasteiger partial charge in [0.25, 0.3) is 0 Å². The van der Waals surface area contributed by atoms with E-state index in [0.717, 1.165) is 24.2 Å². The number of hydrogen-bond acceptors (Lipinski definition) is 3. The first-order valence-corrected chi connectivity index (χ1v) is 5.22. The van der Waals surface area contributed by atoms with E-state index < -0.39 is 0 Å². The van der Waals surface area contributed by atoms with E-state index in [1.165, 1.54) is 5.56 Å². The molecular weight excluding hydrogens is 188 g/mol. The lowest BCUT2D eigenvalue weighted by molar-refractivity contribution is 0.336. The van der Waals surface area contributed by atoms with Crippen molar-refractivity contribution in [3.8, 4) is 5.75 Å². The number of phenols is 1. The third-order valence-corrected chi connectivity index (χ3v) is 2.51. The van der Waals surface area contributed by atoms with Crippen LogP contribution in [0.1, 0.15) is 16.7 Å². The van der Waals surface area contributed by atoms with Crippen molar-refractivity contribution < 1.29 is 5.11 Å². The Bertz CT molecular complexity index is 313. The summed E-state index contributed by atoms with van der Waals surface area (Å²) < 4.78 is 0. The molecule has 0 saturated carbocycles. The van der Waals surface area contributed by atoms with Gasteiger partial charge in [0.15, 0.2) is 0 Å². The second kappa shape index (κ2) is 5.14. The Morgan fingerprint density at radius 2 is 1.80 bits per heavy atom. The predicted molar refractivity (Wildman–Crippen MR) is 63.0 cm³/mol. The highest BCUT2D eigenvalue weighted by Gasteiger charge is 2.05. The molecule has 0 heterocycles. The maximum absolute atomic E-state index is 9.63. The molecule has 0 aliphatic heterocycles. The zero-order valence-electron chi connectivity index (χ0n) is 9.75. The SMILES string of the molecule is Cc1cc(CN(C)CCN)cc(C)c1O. The lowest BCUT2D eigenvalue weighted by Crippen LogP contribution is -2.25. The van der Waals surface area contributed by atoms with Gasteiger partial charge in [0.05, 0.1) is 0 Å². The van der Waals surface area contributed by atoms with E-state index in [-0.39, 0.29) is 0 Å². The van der Waals surface area contributed by atoms with Crippen molar-refractivity contribution >= 4 is 0 Å². The lowest BCUT2D eigenvalue weighted by Gasteiger charge is -2.16. The Balaban J connectivity index is 2.78. The zero-order chi connectivity index (χ0) is 11.4. The number of hydrogen-bond donors (Lipinski definition) is 2. The minimum Gasteiger partial charge on any atom is -0.507 e. The van der Waals surface area contributed by atoms with Gasteiger partial charge in [-0.15, -0.1) is 0 Å². The topological polar surface area (TPSA) is 49.5 Å². The molecule has 1 rings (SSSR count). The molecule has 0 saturated heterocycles. The molecule has 0 radical (unpaired) electrons. The summed E-state index contributed by atoms with van der Waals surface area (Å²) in [6.07, 6.45) is 0. The monoisotopic (exact) mass is 208 g/mol. The fourth-order valence-electron chi connectivity index (χ4n) is 1.75. The van der Waals surface area contributed by atoms with E-state index in [1.54, 1.807) is 0 Å². The van der Waals surface area contributed by atoms with Crippen molar-refractivity contribution in [3.05, 3.63) is 28.8 Å². The minimum absolute atomic E-state index is 0.403. The van der Waals surface area contributed by atoms with Crippen molar-refractivity contribution in [1.29, 1.82) is 0 Å². The van der Waals surface area contributed by atoms with Gasteiger partial charge in [-0.05, 0) is 37.6 Å². The number of rotatable bonds is 4. The van der Waals surface area contributed by atoms with Gasteiger partial charge in [0.2, 0.25) is 0 Å². The largest absolute Gasteiger partial charge is 0.507 e. The van der Waals surface area contributed by atoms with Gasteiger partial charge in [0, 0.05) is 19.6 Å². The number of nitrogens with zero attached hydrogens (tertiary/aromatic N) is 1. The predicted octanol–water partition coefficient (Wildman–Crippen LogP) is 1.40. The molecule has 0 fully saturated rings. The van der Waals surface area contributed by atoms with E-state index in [1.807, 2.05) is 33.0 Å². The third-order valence-electron chi connectivity index (χ3n) is 2.51. The molecule has 3 heteroatoms. The van der Waals surface area contributed by atoms with Gasteiger partial charge in [-0.1, -0.05) is 12.1 Å². The van der Waals surface area contributed by atoms with Gasteiger partial charge in [0.1, 0.15) is 5.75 Å². The van der Waals surface area contributed by atoms with E-state index in [4.69, 9.17) is 5.73 Å². The van der Waals surface area contributed by atoms with Crippen LogP contribution in [0.2, 0.25) is 0 Å². The number of benzene rings is 1. The molecule has 0 aromatic heterocycles. The maximum atomic E-state index is 9.63. The summed E-state index contributed by atoms with van der Waals surface area (Å²) in [6, 6.07) is 4.05. The maximum Gasteiger partial charge on any atom is 0.121 e. The summed E-state index contributed by atoms with van der Waals surface area (Å²) in [5.41, 5.74) is 8.58. The minimum atomic E-state index is 0.403. The third kappa shape index (κ3) is 3.22. The van der Waals surface area contributed by atoms with Crippen LogP contribution in [-0.4, -0.2) is 30.1 Å². The van der Waals surface area contributed by atoms with Crippen molar-refractivity contribution in [2.75, 3.05) is 20.1 Å². The second-order valence-corrected chi connectivity index (χ2v) is 4.10. The molecule has 0 spiro atoms. The molecule has 0 amide bonds. The van der Waals surface area contributed by atoms with Gasteiger partial charge in [-0.2, -0.15) is 0 Å². The fourth-order valence-corrected chi connectivity index (χ4v) is 1.75. The molecule has 0 aliphatic carbocycles. The van der Waals surface area contributed by atoms with Crippen LogP contribution in [0.15, 0.2) is 12.1 Å². The quantitative estimate of drug-likeness (QED) is 0.786. The Labute approximate surface area is 91.5 Å². The summed E-state index contributed by atoms with van der Waals surface area (Å²) in [5.74, 6) is 0.403. The van der Waals surface area contributed by atoms with Crippen LogP contribution < -0.4 is 5.73 Å². The number of nitrogens with two attached hydrogens (primary N) is 1. The van der Waals surface area contributed by atoms with Gasteiger partial charge in [-0.3, -0.25) is 0 Å². The molecule has 3 N–H and O–H groups in total. The molecule has 1 aromatic rings. The van der Waals surface area contributed by atoms with Gasteiger partial charge in [-0.25, -0.2) is 0 Å². The zero-order valence-corrected chi connectivity index (χ0v) is 9.75. The first kappa shape index (κ1) is 12.0. The molecule has 0 atom stereocenters. The second-order valence-electron chi connectivity index (χ2n) is 4.10. The van der Waals surface area contributed by atoms with Crippen molar-refractivity contribution in [3.63, 3.8) is 0 Å². The Morgan fingerprint density at radius 1 is 1.27 bits per heavy atom. The van der Waals surface area contributed by atoms with Gasteiger partial charge >= 0.3 is 0 Å². The summed E-state index contributed by atoms with van der Waals surface area (Å²) in [7, 11) is 2.05. The number of likely N-dealkylation sites (N-methyl/N-ethyl adjacent to an activating group) is 1. The lowest BCUT2D eigenvalue weighted by atomic mass is 10.1. The van der Waals surface area contributed by atoms with Crippen LogP contribution in [0.4, 0.5) is 0 Å². The van der Waals surface area contributed by atoms with Crippen LogP contribution >= 0.6 is 0 Å². The number of aromatic hydroxyl groups is 1. The first-order chi connectivity index (χ1) is 7.04. The molecule has 0 aliphatic rings. The summed E-state index contributed by atoms with van der Waals surface area (Å²) >= 11 is 0. The Morgan fingerprint density at radius 3 is 2.27 bits per heavy atom. The molecule has 3 nitrogen and oxygen atoms in total. The number of phenolic OH excluding ortho intramolecular Hbond substituents is 1. The molecule has 1 aromatic carbocycles. The van der Waals surface area contributed by atoms with Crippen molar-refractivity contribution in [2.45, 2.75) is 20.4 Å². The van der Waals surface area contributed by atoms with E-state index in [2.05, 4.69) is 4.90 Å². The van der Waals surface area contributed by atoms with Crippen molar-refractivity contribution in [2.24, 2.45) is 5.73 Å². The van der Waals surface area contributed by atoms with E-state index in [0.29, 0.717) is 12.3 Å². The Kier molecular flexibility index (Phi) is 4.12. The van der Waals surface area contributed by atoms with Crippen LogP contribution in [0.5, 0.6) is 5.75 Å². The highest BCUT2D eigenvalue weighted by Crippen LogP contribution is 2.23. The van der Waals surface area contributed by atoms with Crippen LogP contribution in [0.25, 0.3) is 0 Å². The van der Waals surface area contributed by atoms with Crippen molar-refractivity contribution in [1.82, 2.24) is 4.90 Å². The molecule has 15 heavy (non-hydrogen) atoms. The van der Waals surface area contributed by atoms with E-state index >= 15 is 0 Å². The fraction of sp³-hybridized carbons (Fsp3) is 0.500. The summed E-state index contributed by atoms with van der Waals surface area (Å²) in [5, 5.41) is 9.63. The van der Waals surface area contributed by atoms with Crippen LogP contribution in [0, 0.1) is 13.8 Å². The Hall–Kier alpha value is -1.06. The highest BCUT2D eigenvalue weighted by atomic mass is 16.3. The molecule has 0 bridgehead atoms. The standard InChI is InChI=1S/C12H20N2O/c1-9-6-11(7-10(2)12(9)15)8-14(3)5-4-13/h6-7,15H,4-5,8,13H2,1-3H3. The number of aryl methyl sites for hydroxylation is 2. The van der Waals surface area contributed by atoms with Crippen LogP contribution in [0.3, 0.4) is 0 Å². The average Bonchev–Trinajstić information content (AvgIpc) is 2.14. The smallest absolute Gasteiger partial charge is 0.121 e. The summed E-state index contributed by atoms with van der Waals surface area (Å²) in [6.45, 7) is 6.29. The molecule has 84 valence electrons. The normalized spacial score (nSPS) is 11.0. The highest BCUT2D eigenvalue weighted by molar-refractivity contribution is 5.42.